The summed E-state index contributed by atoms with van der Waals surface area (Å²) in [5, 5.41) is 0.344. The molecule has 0 bridgehead atoms. The lowest BCUT2D eigenvalue weighted by molar-refractivity contribution is 0.0734. The molecule has 3 aromatic carbocycles. The zero-order valence-corrected chi connectivity index (χ0v) is 15.4. The van der Waals surface area contributed by atoms with E-state index < -0.39 is 5.97 Å². The van der Waals surface area contributed by atoms with Gasteiger partial charge in [0.05, 0.1) is 10.6 Å². The molecule has 3 aromatic rings. The molecular weight excluding hydrogens is 360 g/mol. The van der Waals surface area contributed by atoms with Crippen molar-refractivity contribution in [1.82, 2.24) is 0 Å². The Hall–Kier alpha value is -3.17. The SMILES string of the molecule is Cc1ccc(C(=O)C=Cc2ccc(OC(=O)c3ccccc3Cl)cc2)cc1. The van der Waals surface area contributed by atoms with E-state index in [1.165, 1.54) is 6.08 Å². The molecule has 4 heteroatoms. The molecule has 0 N–H and O–H groups in total. The van der Waals surface area contributed by atoms with Crippen molar-refractivity contribution >= 4 is 29.4 Å². The monoisotopic (exact) mass is 376 g/mol. The number of halogens is 1. The highest BCUT2D eigenvalue weighted by Crippen LogP contribution is 2.19. The predicted octanol–water partition coefficient (Wildman–Crippen LogP) is 5.76. The van der Waals surface area contributed by atoms with Gasteiger partial charge >= 0.3 is 5.97 Å². The number of ether oxygens (including phenoxy) is 1. The molecule has 0 saturated heterocycles. The Morgan fingerprint density at radius 3 is 2.22 bits per heavy atom. The molecule has 0 amide bonds. The summed E-state index contributed by atoms with van der Waals surface area (Å²) >= 11 is 6.00. The van der Waals surface area contributed by atoms with E-state index in [1.807, 2.05) is 19.1 Å². The number of rotatable bonds is 5. The zero-order chi connectivity index (χ0) is 19.2. The maximum absolute atomic E-state index is 12.2. The van der Waals surface area contributed by atoms with Crippen LogP contribution in [0.15, 0.2) is 78.9 Å². The first kappa shape index (κ1) is 18.6. The van der Waals surface area contributed by atoms with Crippen molar-refractivity contribution in [2.75, 3.05) is 0 Å². The normalized spacial score (nSPS) is 10.7. The molecule has 134 valence electrons. The Morgan fingerprint density at radius 2 is 1.56 bits per heavy atom. The predicted molar refractivity (Wildman–Crippen MR) is 107 cm³/mol. The van der Waals surface area contributed by atoms with Gasteiger partial charge in [0.2, 0.25) is 0 Å². The fourth-order valence-electron chi connectivity index (χ4n) is 2.42. The molecule has 0 aliphatic heterocycles. The third-order valence-corrected chi connectivity index (χ3v) is 4.28. The Kier molecular flexibility index (Phi) is 5.84. The van der Waals surface area contributed by atoms with Gasteiger partial charge < -0.3 is 4.74 Å². The lowest BCUT2D eigenvalue weighted by Crippen LogP contribution is -2.08. The topological polar surface area (TPSA) is 43.4 Å². The number of hydrogen-bond acceptors (Lipinski definition) is 3. The zero-order valence-electron chi connectivity index (χ0n) is 14.7. The van der Waals surface area contributed by atoms with Crippen molar-refractivity contribution in [2.45, 2.75) is 6.92 Å². The molecule has 0 heterocycles. The molecule has 0 unspecified atom stereocenters. The molecule has 0 aliphatic rings. The van der Waals surface area contributed by atoms with Crippen LogP contribution in [0.1, 0.15) is 31.8 Å². The molecule has 0 aromatic heterocycles. The summed E-state index contributed by atoms with van der Waals surface area (Å²) in [6.07, 6.45) is 3.25. The molecule has 0 fully saturated rings. The number of ketones is 1. The van der Waals surface area contributed by atoms with Gasteiger partial charge in [-0.05, 0) is 42.8 Å². The fourth-order valence-corrected chi connectivity index (χ4v) is 2.63. The molecule has 0 atom stereocenters. The summed E-state index contributed by atoms with van der Waals surface area (Å²) in [7, 11) is 0. The van der Waals surface area contributed by atoms with Gasteiger partial charge in [0.1, 0.15) is 5.75 Å². The van der Waals surface area contributed by atoms with Crippen LogP contribution in [-0.4, -0.2) is 11.8 Å². The van der Waals surface area contributed by atoms with Crippen molar-refractivity contribution in [3.8, 4) is 5.75 Å². The van der Waals surface area contributed by atoms with Crippen molar-refractivity contribution in [3.05, 3.63) is 106 Å². The molecule has 3 nitrogen and oxygen atoms in total. The van der Waals surface area contributed by atoms with Gasteiger partial charge in [-0.25, -0.2) is 4.79 Å². The van der Waals surface area contributed by atoms with Crippen LogP contribution >= 0.6 is 11.6 Å². The molecule has 3 rings (SSSR count). The highest BCUT2D eigenvalue weighted by Gasteiger charge is 2.11. The van der Waals surface area contributed by atoms with Gasteiger partial charge in [-0.15, -0.1) is 0 Å². The van der Waals surface area contributed by atoms with Gasteiger partial charge in [0.25, 0.3) is 0 Å². The van der Waals surface area contributed by atoms with Crippen LogP contribution in [0.4, 0.5) is 0 Å². The number of hydrogen-bond donors (Lipinski definition) is 0. The van der Waals surface area contributed by atoms with Crippen molar-refractivity contribution in [3.63, 3.8) is 0 Å². The number of benzene rings is 3. The van der Waals surface area contributed by atoms with Crippen LogP contribution in [-0.2, 0) is 0 Å². The van der Waals surface area contributed by atoms with Crippen molar-refractivity contribution in [2.24, 2.45) is 0 Å². The molecule has 0 spiro atoms. The summed E-state index contributed by atoms with van der Waals surface area (Å²) in [5.74, 6) is -0.176. The van der Waals surface area contributed by atoms with Crippen molar-refractivity contribution in [1.29, 1.82) is 0 Å². The Balaban J connectivity index is 1.65. The van der Waals surface area contributed by atoms with Gasteiger partial charge in [-0.2, -0.15) is 0 Å². The summed E-state index contributed by atoms with van der Waals surface area (Å²) in [6.45, 7) is 1.98. The standard InChI is InChI=1S/C23H17ClO3/c1-16-6-11-18(12-7-16)22(25)15-10-17-8-13-19(14-9-17)27-23(26)20-4-2-3-5-21(20)24/h2-15H,1H3. The molecule has 0 saturated carbocycles. The van der Waals surface area contributed by atoms with E-state index in [4.69, 9.17) is 16.3 Å². The second-order valence-corrected chi connectivity index (χ2v) is 6.41. The van der Waals surface area contributed by atoms with E-state index in [-0.39, 0.29) is 5.78 Å². The first-order valence-corrected chi connectivity index (χ1v) is 8.76. The smallest absolute Gasteiger partial charge is 0.345 e. The maximum Gasteiger partial charge on any atom is 0.345 e. The van der Waals surface area contributed by atoms with E-state index in [2.05, 4.69) is 0 Å². The van der Waals surface area contributed by atoms with E-state index in [9.17, 15) is 9.59 Å². The van der Waals surface area contributed by atoms with Crippen LogP contribution in [0, 0.1) is 6.92 Å². The average molecular weight is 377 g/mol. The quantitative estimate of drug-likeness (QED) is 0.246. The lowest BCUT2D eigenvalue weighted by Gasteiger charge is -2.06. The number of allylic oxidation sites excluding steroid dienone is 1. The second kappa shape index (κ2) is 8.47. The fraction of sp³-hybridized carbons (Fsp3) is 0.0435. The molecule has 0 radical (unpaired) electrons. The Labute approximate surface area is 162 Å². The Bertz CT molecular complexity index is 987. The van der Waals surface area contributed by atoms with Gasteiger partial charge in [0.15, 0.2) is 5.78 Å². The van der Waals surface area contributed by atoms with Crippen LogP contribution in [0.2, 0.25) is 5.02 Å². The second-order valence-electron chi connectivity index (χ2n) is 6.00. The van der Waals surface area contributed by atoms with E-state index in [0.717, 1.165) is 11.1 Å². The number of esters is 1. The van der Waals surface area contributed by atoms with E-state index in [1.54, 1.807) is 66.7 Å². The minimum atomic E-state index is -0.515. The first-order valence-electron chi connectivity index (χ1n) is 8.39. The summed E-state index contributed by atoms with van der Waals surface area (Å²) in [4.78, 5) is 24.3. The first-order chi connectivity index (χ1) is 13.0. The molecule has 0 aliphatic carbocycles. The minimum absolute atomic E-state index is 0.0655. The third kappa shape index (κ3) is 4.93. The van der Waals surface area contributed by atoms with Gasteiger partial charge in [-0.3, -0.25) is 4.79 Å². The largest absolute Gasteiger partial charge is 0.423 e. The van der Waals surface area contributed by atoms with E-state index >= 15 is 0 Å². The summed E-state index contributed by atoms with van der Waals surface area (Å²) < 4.78 is 5.33. The highest BCUT2D eigenvalue weighted by molar-refractivity contribution is 6.33. The summed E-state index contributed by atoms with van der Waals surface area (Å²) in [6, 6.07) is 21.0. The average Bonchev–Trinajstić information content (AvgIpc) is 2.68. The Morgan fingerprint density at radius 1 is 0.889 bits per heavy atom. The lowest BCUT2D eigenvalue weighted by atomic mass is 10.1. The number of carbonyl (C=O) groups is 2. The maximum atomic E-state index is 12.2. The van der Waals surface area contributed by atoms with Crippen LogP contribution in [0.5, 0.6) is 5.75 Å². The molecular formula is C23H17ClO3. The highest BCUT2D eigenvalue weighted by atomic mass is 35.5. The third-order valence-electron chi connectivity index (χ3n) is 3.95. The van der Waals surface area contributed by atoms with Gasteiger partial charge in [0, 0.05) is 5.56 Å². The minimum Gasteiger partial charge on any atom is -0.423 e. The van der Waals surface area contributed by atoms with Gasteiger partial charge in [-0.1, -0.05) is 71.8 Å². The van der Waals surface area contributed by atoms with Crippen LogP contribution < -0.4 is 4.74 Å². The summed E-state index contributed by atoms with van der Waals surface area (Å²) in [5.41, 5.74) is 2.89. The van der Waals surface area contributed by atoms with Crippen LogP contribution in [0.3, 0.4) is 0 Å². The van der Waals surface area contributed by atoms with Crippen molar-refractivity contribution < 1.29 is 14.3 Å². The van der Waals surface area contributed by atoms with E-state index in [0.29, 0.717) is 21.9 Å². The number of carbonyl (C=O) groups excluding carboxylic acids is 2. The van der Waals surface area contributed by atoms with Crippen LogP contribution in [0.25, 0.3) is 6.08 Å². The molecule has 27 heavy (non-hydrogen) atoms. The number of aryl methyl sites for hydroxylation is 1.